The molecule has 4 rings (SSSR count). The van der Waals surface area contributed by atoms with Crippen LogP contribution in [0.5, 0.6) is 5.75 Å². The summed E-state index contributed by atoms with van der Waals surface area (Å²) in [5.41, 5.74) is 3.57. The van der Waals surface area contributed by atoms with Gasteiger partial charge in [-0.1, -0.05) is 42.5 Å². The Labute approximate surface area is 189 Å². The second-order valence-electron chi connectivity index (χ2n) is 7.12. The monoisotopic (exact) mass is 445 g/mol. The molecule has 32 heavy (non-hydrogen) atoms. The van der Waals surface area contributed by atoms with E-state index in [1.807, 2.05) is 36.4 Å². The number of nitrogens with zero attached hydrogens (tertiary/aromatic N) is 1. The van der Waals surface area contributed by atoms with Crippen LogP contribution < -0.4 is 4.74 Å². The molecule has 7 heteroatoms. The topological polar surface area (TPSA) is 83.9 Å². The third-order valence-corrected chi connectivity index (χ3v) is 5.93. The summed E-state index contributed by atoms with van der Waals surface area (Å²) in [6.07, 6.45) is 1.70. The molecule has 1 heterocycles. The maximum atomic E-state index is 12.8. The molecular weight excluding hydrogens is 426 g/mol. The van der Waals surface area contributed by atoms with Gasteiger partial charge >= 0.3 is 5.97 Å². The number of hydrogen-bond acceptors (Lipinski definition) is 5. The Morgan fingerprint density at radius 3 is 2.38 bits per heavy atom. The number of ether oxygens (including phenoxy) is 1. The number of rotatable bonds is 6. The molecule has 6 nitrogen and oxygen atoms in total. The number of carbonyl (C=O) groups is 3. The first-order valence-corrected chi connectivity index (χ1v) is 10.6. The minimum atomic E-state index is -0.976. The summed E-state index contributed by atoms with van der Waals surface area (Å²) in [5.74, 6) is -0.594. The molecule has 0 aromatic heterocycles. The highest BCUT2D eigenvalue weighted by Crippen LogP contribution is 2.34. The number of hydrogen-bond donors (Lipinski definition) is 1. The van der Waals surface area contributed by atoms with Crippen molar-refractivity contribution in [3.8, 4) is 16.9 Å². The van der Waals surface area contributed by atoms with Gasteiger partial charge in [0.05, 0.1) is 24.1 Å². The predicted octanol–water partition coefficient (Wildman–Crippen LogP) is 5.30. The van der Waals surface area contributed by atoms with Crippen LogP contribution in [0.4, 0.5) is 4.79 Å². The molecule has 1 N–H and O–H groups in total. The Kier molecular flexibility index (Phi) is 6.09. The standard InChI is InChI=1S/C25H19NO5S/c1-31-21-11-5-16(6-12-21)15-26-23(27)22(32-25(26)30)14-17-3-2-4-20(13-17)18-7-9-19(10-8-18)24(28)29/h2-14H,15H2,1H3,(H,28,29)/b22-14-. The fourth-order valence-corrected chi connectivity index (χ4v) is 4.15. The first-order valence-electron chi connectivity index (χ1n) is 9.77. The molecule has 0 unspecified atom stereocenters. The summed E-state index contributed by atoms with van der Waals surface area (Å²) < 4.78 is 5.14. The van der Waals surface area contributed by atoms with Gasteiger partial charge in [0.15, 0.2) is 0 Å². The molecule has 1 aliphatic rings. The van der Waals surface area contributed by atoms with E-state index in [0.29, 0.717) is 10.7 Å². The Balaban J connectivity index is 1.53. The van der Waals surface area contributed by atoms with Crippen molar-refractivity contribution in [2.75, 3.05) is 7.11 Å². The van der Waals surface area contributed by atoms with E-state index in [4.69, 9.17) is 9.84 Å². The van der Waals surface area contributed by atoms with Crippen LogP contribution >= 0.6 is 11.8 Å². The zero-order valence-electron chi connectivity index (χ0n) is 17.1. The number of thioether (sulfide) groups is 1. The number of aromatic carboxylic acids is 1. The summed E-state index contributed by atoms with van der Waals surface area (Å²) in [6.45, 7) is 0.196. The van der Waals surface area contributed by atoms with Crippen molar-refractivity contribution in [1.82, 2.24) is 4.90 Å². The highest BCUT2D eigenvalue weighted by atomic mass is 32.2. The molecule has 0 atom stereocenters. The molecule has 0 aliphatic carbocycles. The molecule has 1 saturated heterocycles. The van der Waals surface area contributed by atoms with Crippen LogP contribution in [0.1, 0.15) is 21.5 Å². The van der Waals surface area contributed by atoms with Crippen molar-refractivity contribution in [1.29, 1.82) is 0 Å². The third kappa shape index (κ3) is 4.58. The van der Waals surface area contributed by atoms with Gasteiger partial charge < -0.3 is 9.84 Å². The molecule has 3 aromatic rings. The van der Waals surface area contributed by atoms with Gasteiger partial charge in [0.1, 0.15) is 5.75 Å². The van der Waals surface area contributed by atoms with Gasteiger partial charge in [0.25, 0.3) is 11.1 Å². The summed E-state index contributed by atoms with van der Waals surface area (Å²) >= 11 is 0.919. The van der Waals surface area contributed by atoms with Crippen molar-refractivity contribution in [2.24, 2.45) is 0 Å². The van der Waals surface area contributed by atoms with E-state index in [9.17, 15) is 14.4 Å². The van der Waals surface area contributed by atoms with Gasteiger partial charge in [-0.3, -0.25) is 14.5 Å². The number of carboxylic acids is 1. The normalized spacial score (nSPS) is 14.8. The van der Waals surface area contributed by atoms with Crippen molar-refractivity contribution in [3.05, 3.63) is 94.4 Å². The lowest BCUT2D eigenvalue weighted by atomic mass is 10.0. The van der Waals surface area contributed by atoms with Crippen LogP contribution in [0.15, 0.2) is 77.7 Å². The Hall–Kier alpha value is -3.84. The van der Waals surface area contributed by atoms with Crippen molar-refractivity contribution < 1.29 is 24.2 Å². The minimum absolute atomic E-state index is 0.196. The van der Waals surface area contributed by atoms with Gasteiger partial charge in [-0.25, -0.2) is 4.79 Å². The molecule has 1 fully saturated rings. The van der Waals surface area contributed by atoms with E-state index in [2.05, 4.69) is 0 Å². The van der Waals surface area contributed by atoms with Crippen LogP contribution in [0.3, 0.4) is 0 Å². The Morgan fingerprint density at radius 1 is 1.00 bits per heavy atom. The molecule has 160 valence electrons. The van der Waals surface area contributed by atoms with Crippen LogP contribution in [-0.4, -0.2) is 34.2 Å². The summed E-state index contributed by atoms with van der Waals surface area (Å²) in [7, 11) is 1.58. The molecule has 0 saturated carbocycles. The highest BCUT2D eigenvalue weighted by molar-refractivity contribution is 8.18. The van der Waals surface area contributed by atoms with Gasteiger partial charge in [-0.2, -0.15) is 0 Å². The fourth-order valence-electron chi connectivity index (χ4n) is 3.31. The average molecular weight is 445 g/mol. The minimum Gasteiger partial charge on any atom is -0.497 e. The SMILES string of the molecule is COc1ccc(CN2C(=O)S/C(=C\c3cccc(-c4ccc(C(=O)O)cc4)c3)C2=O)cc1. The Morgan fingerprint density at radius 2 is 1.72 bits per heavy atom. The van der Waals surface area contributed by atoms with Crippen LogP contribution in [0.2, 0.25) is 0 Å². The van der Waals surface area contributed by atoms with Crippen molar-refractivity contribution in [2.45, 2.75) is 6.54 Å². The zero-order chi connectivity index (χ0) is 22.7. The largest absolute Gasteiger partial charge is 0.497 e. The molecule has 0 spiro atoms. The summed E-state index contributed by atoms with van der Waals surface area (Å²) in [6, 6.07) is 21.3. The lowest BCUT2D eigenvalue weighted by Gasteiger charge is -2.12. The lowest BCUT2D eigenvalue weighted by molar-refractivity contribution is -0.123. The first kappa shape index (κ1) is 21.4. The van der Waals surface area contributed by atoms with E-state index in [-0.39, 0.29) is 23.3 Å². The first-order chi connectivity index (χ1) is 15.4. The second-order valence-corrected chi connectivity index (χ2v) is 8.12. The summed E-state index contributed by atoms with van der Waals surface area (Å²) in [4.78, 5) is 37.9. The fraction of sp³-hybridized carbons (Fsp3) is 0.0800. The molecular formula is C25H19NO5S. The molecule has 1 aliphatic heterocycles. The Bertz CT molecular complexity index is 1220. The quantitative estimate of drug-likeness (QED) is 0.519. The van der Waals surface area contributed by atoms with E-state index >= 15 is 0 Å². The molecule has 0 radical (unpaired) electrons. The van der Waals surface area contributed by atoms with Crippen LogP contribution in [0.25, 0.3) is 17.2 Å². The molecule has 2 amide bonds. The van der Waals surface area contributed by atoms with Gasteiger partial charge in [0.2, 0.25) is 0 Å². The number of imide groups is 1. The predicted molar refractivity (Wildman–Crippen MR) is 123 cm³/mol. The van der Waals surface area contributed by atoms with Crippen molar-refractivity contribution >= 4 is 35.0 Å². The number of carbonyl (C=O) groups excluding carboxylic acids is 2. The van der Waals surface area contributed by atoms with Crippen LogP contribution in [-0.2, 0) is 11.3 Å². The maximum absolute atomic E-state index is 12.8. The van der Waals surface area contributed by atoms with Gasteiger partial charge in [-0.05, 0) is 70.4 Å². The van der Waals surface area contributed by atoms with Crippen LogP contribution in [0, 0.1) is 0 Å². The third-order valence-electron chi connectivity index (χ3n) is 5.02. The molecule has 0 bridgehead atoms. The van der Waals surface area contributed by atoms with E-state index < -0.39 is 5.97 Å². The van der Waals surface area contributed by atoms with Crippen molar-refractivity contribution in [3.63, 3.8) is 0 Å². The van der Waals surface area contributed by atoms with E-state index in [1.165, 1.54) is 4.90 Å². The molecule has 3 aromatic carbocycles. The smallest absolute Gasteiger partial charge is 0.335 e. The second kappa shape index (κ2) is 9.11. The lowest BCUT2D eigenvalue weighted by Crippen LogP contribution is -2.27. The maximum Gasteiger partial charge on any atom is 0.335 e. The number of amides is 2. The van der Waals surface area contributed by atoms with E-state index in [1.54, 1.807) is 49.6 Å². The van der Waals surface area contributed by atoms with Gasteiger partial charge in [-0.15, -0.1) is 0 Å². The number of methoxy groups -OCH3 is 1. The number of benzene rings is 3. The highest BCUT2D eigenvalue weighted by Gasteiger charge is 2.34. The zero-order valence-corrected chi connectivity index (χ0v) is 18.0. The number of carboxylic acid groups (broad SMARTS) is 1. The summed E-state index contributed by atoms with van der Waals surface area (Å²) in [5, 5.41) is 8.75. The van der Waals surface area contributed by atoms with Gasteiger partial charge in [0, 0.05) is 0 Å². The van der Waals surface area contributed by atoms with E-state index in [0.717, 1.165) is 34.0 Å². The average Bonchev–Trinajstić information content (AvgIpc) is 3.07.